The van der Waals surface area contributed by atoms with E-state index in [0.29, 0.717) is 37.2 Å². The van der Waals surface area contributed by atoms with Gasteiger partial charge in [0.2, 0.25) is 16.4 Å². The summed E-state index contributed by atoms with van der Waals surface area (Å²) < 4.78 is 42.2. The van der Waals surface area contributed by atoms with Crippen molar-refractivity contribution >= 4 is 50.8 Å². The number of halogens is 5. The third kappa shape index (κ3) is 4.47. The number of nitrogens with zero attached hydrogens (tertiary/aromatic N) is 6. The Labute approximate surface area is 259 Å². The van der Waals surface area contributed by atoms with Gasteiger partial charge in [0.25, 0.3) is 11.5 Å². The molecule has 1 saturated carbocycles. The Bertz CT molecular complexity index is 1940. The van der Waals surface area contributed by atoms with E-state index in [1.54, 1.807) is 9.47 Å². The molecule has 2 aliphatic carbocycles. The lowest BCUT2D eigenvalue weighted by Crippen LogP contribution is -2.48. The highest BCUT2D eigenvalue weighted by Crippen LogP contribution is 2.67. The van der Waals surface area contributed by atoms with Gasteiger partial charge in [0.05, 0.1) is 16.3 Å². The van der Waals surface area contributed by atoms with Crippen LogP contribution in [-0.2, 0) is 22.9 Å². The third-order valence-electron chi connectivity index (χ3n) is 8.91. The maximum atomic E-state index is 13.9. The second-order valence-electron chi connectivity index (χ2n) is 11.3. The first-order valence-electron chi connectivity index (χ1n) is 13.7. The number of carbonyl (C=O) groups is 2. The molecule has 2 amide bonds. The van der Waals surface area contributed by atoms with Gasteiger partial charge in [-0.1, -0.05) is 11.6 Å². The molecule has 11 nitrogen and oxygen atoms in total. The van der Waals surface area contributed by atoms with Crippen molar-refractivity contribution in [3.05, 3.63) is 79.2 Å². The fourth-order valence-corrected chi connectivity index (χ4v) is 7.46. The minimum absolute atomic E-state index is 0.0114. The van der Waals surface area contributed by atoms with E-state index in [4.69, 9.17) is 11.6 Å². The molecule has 3 aliphatic rings. The molecular weight excluding hydrogens is 671 g/mol. The lowest BCUT2D eigenvalue weighted by atomic mass is 9.71. The molecule has 2 atom stereocenters. The first-order chi connectivity index (χ1) is 20.9. The van der Waals surface area contributed by atoms with Crippen LogP contribution in [0.5, 0.6) is 5.75 Å². The SMILES string of the molecule is O=C(Cn1c2c(c(=O)n3nc(Br)nc13)C1(CCN(C(=O)c3ncccc3O)CC1)[C@@H]1CC21)Nc1ccc(C(F)(F)F)cc1Cl. The zero-order valence-electron chi connectivity index (χ0n) is 22.6. The second-order valence-corrected chi connectivity index (χ2v) is 12.4. The maximum Gasteiger partial charge on any atom is 0.416 e. The number of pyridine rings is 1. The molecule has 0 bridgehead atoms. The van der Waals surface area contributed by atoms with Crippen molar-refractivity contribution in [3.8, 4) is 5.75 Å². The molecule has 4 aromatic rings. The molecule has 44 heavy (non-hydrogen) atoms. The van der Waals surface area contributed by atoms with E-state index >= 15 is 0 Å². The van der Waals surface area contributed by atoms with E-state index in [1.807, 2.05) is 0 Å². The number of fused-ring (bicyclic) bond motifs is 6. The van der Waals surface area contributed by atoms with Gasteiger partial charge in [-0.3, -0.25) is 14.4 Å². The van der Waals surface area contributed by atoms with Gasteiger partial charge in [0, 0.05) is 41.9 Å². The monoisotopic (exact) mass is 691 g/mol. The van der Waals surface area contributed by atoms with Crippen molar-refractivity contribution in [2.24, 2.45) is 5.92 Å². The van der Waals surface area contributed by atoms with Crippen LogP contribution in [0.2, 0.25) is 5.02 Å². The lowest BCUT2D eigenvalue weighted by Gasteiger charge is -2.41. The Morgan fingerprint density at radius 2 is 1.95 bits per heavy atom. The van der Waals surface area contributed by atoms with E-state index in [0.717, 1.165) is 29.1 Å². The number of hydrogen-bond donors (Lipinski definition) is 2. The minimum atomic E-state index is -4.59. The van der Waals surface area contributed by atoms with Crippen LogP contribution in [0.1, 0.15) is 52.5 Å². The molecule has 0 radical (unpaired) electrons. The Morgan fingerprint density at radius 3 is 2.64 bits per heavy atom. The summed E-state index contributed by atoms with van der Waals surface area (Å²) in [4.78, 5) is 50.3. The van der Waals surface area contributed by atoms with Crippen LogP contribution in [0, 0.1) is 5.92 Å². The van der Waals surface area contributed by atoms with E-state index < -0.39 is 29.0 Å². The van der Waals surface area contributed by atoms with Gasteiger partial charge >= 0.3 is 6.18 Å². The van der Waals surface area contributed by atoms with Crippen LogP contribution in [0.4, 0.5) is 18.9 Å². The van der Waals surface area contributed by atoms with Gasteiger partial charge in [-0.2, -0.15) is 22.7 Å². The minimum Gasteiger partial charge on any atom is -0.505 e. The van der Waals surface area contributed by atoms with Gasteiger partial charge in [-0.25, -0.2) is 4.98 Å². The summed E-state index contributed by atoms with van der Waals surface area (Å²) >= 11 is 9.29. The van der Waals surface area contributed by atoms with Gasteiger partial charge in [-0.05, 0) is 71.4 Å². The van der Waals surface area contributed by atoms with Crippen molar-refractivity contribution < 1.29 is 27.9 Å². The average Bonchev–Trinajstić information content (AvgIpc) is 3.61. The smallest absolute Gasteiger partial charge is 0.416 e. The standard InChI is InChI=1S/C28H22BrClF3N7O4/c29-25-36-26-39(12-19(42)35-17-4-3-13(10-16(17)30)28(31,32)33)22-14-11-15(14)27(20(22)23(43)40(26)37-25)5-8-38(9-6-27)24(44)21-18(41)2-1-7-34-21/h1-4,7,10,14-15,41H,5-6,8-9,11-12H2,(H,35,42)/t14?,15-/m1/s1. The van der Waals surface area contributed by atoms with Gasteiger partial charge in [0.1, 0.15) is 12.3 Å². The molecule has 2 N–H and O–H groups in total. The Morgan fingerprint density at radius 1 is 1.20 bits per heavy atom. The predicted molar refractivity (Wildman–Crippen MR) is 154 cm³/mol. The molecule has 3 aromatic heterocycles. The summed E-state index contributed by atoms with van der Waals surface area (Å²) in [5, 5.41) is 16.7. The van der Waals surface area contributed by atoms with Crippen LogP contribution in [0.25, 0.3) is 5.78 Å². The Balaban J connectivity index is 1.21. The summed E-state index contributed by atoms with van der Waals surface area (Å²) in [6.07, 6.45) is -1.38. The highest BCUT2D eigenvalue weighted by molar-refractivity contribution is 9.10. The van der Waals surface area contributed by atoms with Gasteiger partial charge in [0.15, 0.2) is 5.69 Å². The fraction of sp³-hybridized carbons (Fsp3) is 0.357. The number of carbonyl (C=O) groups excluding carboxylic acids is 2. The van der Waals surface area contributed by atoms with E-state index in [-0.39, 0.29) is 56.6 Å². The Hall–Kier alpha value is -3.98. The fourth-order valence-electron chi connectivity index (χ4n) is 6.92. The number of benzene rings is 1. The number of amides is 2. The number of anilines is 1. The number of aromatic nitrogens is 5. The summed E-state index contributed by atoms with van der Waals surface area (Å²) in [6, 6.07) is 5.60. The van der Waals surface area contributed by atoms with Crippen molar-refractivity contribution in [1.82, 2.24) is 29.0 Å². The summed E-state index contributed by atoms with van der Waals surface area (Å²) in [5.41, 5.74) is -0.636. The van der Waals surface area contributed by atoms with Crippen LogP contribution in [0.3, 0.4) is 0 Å². The van der Waals surface area contributed by atoms with Crippen LogP contribution < -0.4 is 10.9 Å². The highest BCUT2D eigenvalue weighted by atomic mass is 79.9. The molecule has 1 aliphatic heterocycles. The van der Waals surface area contributed by atoms with E-state index in [2.05, 4.69) is 36.3 Å². The molecule has 1 aromatic carbocycles. The van der Waals surface area contributed by atoms with Gasteiger partial charge in [-0.15, -0.1) is 5.10 Å². The number of rotatable bonds is 4. The lowest BCUT2D eigenvalue weighted by molar-refractivity contribution is -0.137. The predicted octanol–water partition coefficient (Wildman–Crippen LogP) is 4.36. The van der Waals surface area contributed by atoms with Gasteiger partial charge < -0.3 is 19.9 Å². The summed E-state index contributed by atoms with van der Waals surface area (Å²) in [7, 11) is 0. The molecule has 1 unspecified atom stereocenters. The molecule has 228 valence electrons. The number of alkyl halides is 3. The largest absolute Gasteiger partial charge is 0.505 e. The number of nitrogens with one attached hydrogen (secondary N) is 1. The third-order valence-corrected chi connectivity index (χ3v) is 9.56. The zero-order valence-corrected chi connectivity index (χ0v) is 24.9. The topological polar surface area (TPSA) is 135 Å². The molecular formula is C28H22BrClF3N7O4. The molecule has 2 fully saturated rings. The summed E-state index contributed by atoms with van der Waals surface area (Å²) in [5.74, 6) is -0.913. The first kappa shape index (κ1) is 28.8. The maximum absolute atomic E-state index is 13.9. The molecule has 7 rings (SSSR count). The molecule has 16 heteroatoms. The zero-order chi connectivity index (χ0) is 31.1. The second kappa shape index (κ2) is 10.0. The van der Waals surface area contributed by atoms with Crippen LogP contribution >= 0.6 is 27.5 Å². The quantitative estimate of drug-likeness (QED) is 0.325. The Kier molecular flexibility index (Phi) is 6.55. The molecule has 4 heterocycles. The van der Waals surface area contributed by atoms with E-state index in [9.17, 15) is 32.7 Å². The highest BCUT2D eigenvalue weighted by Gasteiger charge is 2.64. The van der Waals surface area contributed by atoms with E-state index in [1.165, 1.54) is 18.3 Å². The van der Waals surface area contributed by atoms with Crippen molar-refractivity contribution in [1.29, 1.82) is 0 Å². The number of piperidine rings is 1. The first-order valence-corrected chi connectivity index (χ1v) is 14.9. The van der Waals surface area contributed by atoms with Crippen molar-refractivity contribution in [2.75, 3.05) is 18.4 Å². The number of likely N-dealkylation sites (tertiary alicyclic amines) is 1. The average molecular weight is 693 g/mol. The van der Waals surface area contributed by atoms with Crippen molar-refractivity contribution in [3.63, 3.8) is 0 Å². The molecule has 1 spiro atoms. The van der Waals surface area contributed by atoms with Crippen LogP contribution in [-0.4, -0.2) is 59.1 Å². The molecule has 1 saturated heterocycles. The van der Waals surface area contributed by atoms with Crippen LogP contribution in [0.15, 0.2) is 46.1 Å². The van der Waals surface area contributed by atoms with Crippen molar-refractivity contribution in [2.45, 2.75) is 43.3 Å². The number of aromatic hydroxyl groups is 1. The normalized spacial score (nSPS) is 20.1. The summed E-state index contributed by atoms with van der Waals surface area (Å²) in [6.45, 7) is 0.378. The number of hydrogen-bond acceptors (Lipinski definition) is 7.